The van der Waals surface area contributed by atoms with E-state index >= 15 is 0 Å². The van der Waals surface area contributed by atoms with Crippen LogP contribution < -0.4 is 10.1 Å². The third kappa shape index (κ3) is 5.03. The number of unbranched alkanes of at least 4 members (excludes halogenated alkanes) is 2. The van der Waals surface area contributed by atoms with Crippen molar-refractivity contribution in [2.24, 2.45) is 0 Å². The average molecular weight is 381 g/mol. The number of ether oxygens (including phenoxy) is 2. The minimum atomic E-state index is -0.144. The third-order valence-corrected chi connectivity index (χ3v) is 4.72. The maximum atomic E-state index is 11.2. The summed E-state index contributed by atoms with van der Waals surface area (Å²) in [6.07, 6.45) is 3.27. The van der Waals surface area contributed by atoms with E-state index in [0.717, 1.165) is 55.1 Å². The Kier molecular flexibility index (Phi) is 6.89. The van der Waals surface area contributed by atoms with Gasteiger partial charge in [0.15, 0.2) is 0 Å². The summed E-state index contributed by atoms with van der Waals surface area (Å²) in [4.78, 5) is 15.9. The van der Waals surface area contributed by atoms with Gasteiger partial charge in [0.1, 0.15) is 5.75 Å². The van der Waals surface area contributed by atoms with Crippen molar-refractivity contribution < 1.29 is 14.3 Å². The van der Waals surface area contributed by atoms with Gasteiger partial charge < -0.3 is 19.4 Å². The molecular formula is C22H27N3O3. The fourth-order valence-corrected chi connectivity index (χ4v) is 3.16. The molecule has 3 rings (SSSR count). The Bertz CT molecular complexity index is 903. The maximum Gasteiger partial charge on any atom is 0.305 e. The predicted molar refractivity (Wildman–Crippen MR) is 111 cm³/mol. The van der Waals surface area contributed by atoms with Crippen molar-refractivity contribution >= 4 is 23.0 Å². The fraction of sp³-hybridized carbons (Fsp3) is 0.364. The first kappa shape index (κ1) is 19.7. The summed E-state index contributed by atoms with van der Waals surface area (Å²) >= 11 is 0. The summed E-state index contributed by atoms with van der Waals surface area (Å²) in [6, 6.07) is 16.3. The Labute approximate surface area is 165 Å². The summed E-state index contributed by atoms with van der Waals surface area (Å²) < 4.78 is 12.1. The maximum absolute atomic E-state index is 11.2. The van der Waals surface area contributed by atoms with Crippen LogP contribution in [0.25, 0.3) is 11.0 Å². The first-order valence-electron chi connectivity index (χ1n) is 9.60. The van der Waals surface area contributed by atoms with Gasteiger partial charge in [-0.15, -0.1) is 0 Å². The monoisotopic (exact) mass is 381 g/mol. The van der Waals surface area contributed by atoms with E-state index in [2.05, 4.69) is 32.8 Å². The lowest BCUT2D eigenvalue weighted by Crippen LogP contribution is -2.10. The summed E-state index contributed by atoms with van der Waals surface area (Å²) in [5.74, 6) is 1.57. The van der Waals surface area contributed by atoms with Crippen molar-refractivity contribution in [3.63, 3.8) is 0 Å². The van der Waals surface area contributed by atoms with Crippen molar-refractivity contribution in [3.8, 4) is 5.75 Å². The van der Waals surface area contributed by atoms with E-state index in [0.29, 0.717) is 6.42 Å². The molecular weight excluding hydrogens is 354 g/mol. The first-order valence-corrected chi connectivity index (χ1v) is 9.60. The van der Waals surface area contributed by atoms with E-state index in [1.165, 1.54) is 12.7 Å². The van der Waals surface area contributed by atoms with Crippen LogP contribution in [0.15, 0.2) is 48.5 Å². The van der Waals surface area contributed by atoms with Gasteiger partial charge >= 0.3 is 5.97 Å². The molecule has 0 atom stereocenters. The summed E-state index contributed by atoms with van der Waals surface area (Å²) in [6.45, 7) is 1.54. The molecule has 6 nitrogen and oxygen atoms in total. The number of rotatable bonds is 10. The van der Waals surface area contributed by atoms with Crippen LogP contribution >= 0.6 is 0 Å². The number of esters is 1. The molecule has 0 saturated carbocycles. The van der Waals surface area contributed by atoms with Crippen LogP contribution in [-0.4, -0.2) is 36.3 Å². The second-order valence-corrected chi connectivity index (χ2v) is 6.67. The van der Waals surface area contributed by atoms with E-state index in [-0.39, 0.29) is 5.97 Å². The van der Waals surface area contributed by atoms with E-state index < -0.39 is 0 Å². The molecule has 0 amide bonds. The van der Waals surface area contributed by atoms with Gasteiger partial charge in [-0.25, -0.2) is 4.98 Å². The predicted octanol–water partition coefficient (Wildman–Crippen LogP) is 4.24. The Morgan fingerprint density at radius 2 is 1.82 bits per heavy atom. The topological polar surface area (TPSA) is 65.4 Å². The largest absolute Gasteiger partial charge is 0.497 e. The average Bonchev–Trinajstić information content (AvgIpc) is 3.08. The van der Waals surface area contributed by atoms with E-state index in [9.17, 15) is 4.79 Å². The molecule has 6 heteroatoms. The molecule has 2 aromatic carbocycles. The highest BCUT2D eigenvalue weighted by molar-refractivity contribution is 5.78. The van der Waals surface area contributed by atoms with Crippen molar-refractivity contribution in [3.05, 3.63) is 54.1 Å². The second kappa shape index (κ2) is 9.78. The number of fused-ring (bicyclic) bond motifs is 1. The zero-order chi connectivity index (χ0) is 19.8. The number of para-hydroxylation sites is 2. The molecule has 1 heterocycles. The lowest BCUT2D eigenvalue weighted by atomic mass is 10.2. The van der Waals surface area contributed by atoms with Gasteiger partial charge in [-0.3, -0.25) is 4.79 Å². The number of nitrogens with zero attached hydrogens (tertiary/aromatic N) is 2. The minimum absolute atomic E-state index is 0.144. The van der Waals surface area contributed by atoms with E-state index in [1.54, 1.807) is 7.11 Å². The molecule has 0 fully saturated rings. The van der Waals surface area contributed by atoms with Crippen LogP contribution in [0, 0.1) is 0 Å². The van der Waals surface area contributed by atoms with Crippen LogP contribution in [0.2, 0.25) is 0 Å². The highest BCUT2D eigenvalue weighted by Crippen LogP contribution is 2.22. The molecule has 0 bridgehead atoms. The number of methoxy groups -OCH3 is 2. The lowest BCUT2D eigenvalue weighted by molar-refractivity contribution is -0.140. The molecule has 148 valence electrons. The molecule has 0 spiro atoms. The van der Waals surface area contributed by atoms with Gasteiger partial charge in [0, 0.05) is 13.0 Å². The van der Waals surface area contributed by atoms with Gasteiger partial charge in [0.05, 0.1) is 31.8 Å². The number of carbonyl (C=O) groups excluding carboxylic acids is 1. The van der Waals surface area contributed by atoms with Gasteiger partial charge in [0.25, 0.3) is 0 Å². The number of carbonyl (C=O) groups is 1. The van der Waals surface area contributed by atoms with Gasteiger partial charge in [-0.2, -0.15) is 0 Å². The van der Waals surface area contributed by atoms with Crippen molar-refractivity contribution in [1.29, 1.82) is 0 Å². The highest BCUT2D eigenvalue weighted by Gasteiger charge is 2.10. The first-order chi connectivity index (χ1) is 13.7. The molecule has 3 aromatic rings. The number of nitrogens with one attached hydrogen (secondary N) is 1. The summed E-state index contributed by atoms with van der Waals surface area (Å²) in [5.41, 5.74) is 3.26. The zero-order valence-electron chi connectivity index (χ0n) is 16.5. The van der Waals surface area contributed by atoms with Gasteiger partial charge in [0.2, 0.25) is 5.95 Å². The van der Waals surface area contributed by atoms with Crippen LogP contribution in [0.5, 0.6) is 5.75 Å². The SMILES string of the molecule is COC(=O)CCCCCNc1nc2ccccc2n1Cc1ccc(OC)cc1. The van der Waals surface area contributed by atoms with Crippen LogP contribution in [0.1, 0.15) is 31.2 Å². The number of hydrogen-bond donors (Lipinski definition) is 1. The van der Waals surface area contributed by atoms with Crippen LogP contribution in [0.3, 0.4) is 0 Å². The Morgan fingerprint density at radius 3 is 2.57 bits per heavy atom. The number of benzene rings is 2. The number of aromatic nitrogens is 2. The van der Waals surface area contributed by atoms with E-state index in [1.807, 2.05) is 30.3 Å². The highest BCUT2D eigenvalue weighted by atomic mass is 16.5. The second-order valence-electron chi connectivity index (χ2n) is 6.67. The normalized spacial score (nSPS) is 10.8. The van der Waals surface area contributed by atoms with Crippen molar-refractivity contribution in [1.82, 2.24) is 9.55 Å². The fourth-order valence-electron chi connectivity index (χ4n) is 3.16. The third-order valence-electron chi connectivity index (χ3n) is 4.72. The molecule has 1 N–H and O–H groups in total. The van der Waals surface area contributed by atoms with E-state index in [4.69, 9.17) is 9.72 Å². The van der Waals surface area contributed by atoms with Gasteiger partial charge in [-0.1, -0.05) is 30.7 Å². The molecule has 0 radical (unpaired) electrons. The zero-order valence-corrected chi connectivity index (χ0v) is 16.5. The lowest BCUT2D eigenvalue weighted by Gasteiger charge is -2.11. The molecule has 0 aliphatic rings. The number of imidazole rings is 1. The van der Waals surface area contributed by atoms with Crippen molar-refractivity contribution in [2.45, 2.75) is 32.2 Å². The molecule has 28 heavy (non-hydrogen) atoms. The molecule has 0 aliphatic heterocycles. The molecule has 0 aliphatic carbocycles. The standard InChI is InChI=1S/C22H27N3O3/c1-27-18-13-11-17(12-14-18)16-25-20-9-6-5-8-19(20)24-22(25)23-15-7-3-4-10-21(26)28-2/h5-6,8-9,11-14H,3-4,7,10,15-16H2,1-2H3,(H,23,24). The quantitative estimate of drug-likeness (QED) is 0.420. The minimum Gasteiger partial charge on any atom is -0.497 e. The molecule has 0 unspecified atom stereocenters. The van der Waals surface area contributed by atoms with Crippen molar-refractivity contribution in [2.75, 3.05) is 26.1 Å². The number of anilines is 1. The summed E-state index contributed by atoms with van der Waals surface area (Å²) in [7, 11) is 3.10. The van der Waals surface area contributed by atoms with Crippen LogP contribution in [-0.2, 0) is 16.1 Å². The Hall–Kier alpha value is -3.02. The number of hydrogen-bond acceptors (Lipinski definition) is 5. The Morgan fingerprint density at radius 1 is 1.04 bits per heavy atom. The Balaban J connectivity index is 1.66. The molecule has 0 saturated heterocycles. The smallest absolute Gasteiger partial charge is 0.305 e. The van der Waals surface area contributed by atoms with Gasteiger partial charge in [-0.05, 0) is 42.7 Å². The van der Waals surface area contributed by atoms with Crippen LogP contribution in [0.4, 0.5) is 5.95 Å². The summed E-state index contributed by atoms with van der Waals surface area (Å²) in [5, 5.41) is 3.46. The molecule has 1 aromatic heterocycles.